The van der Waals surface area contributed by atoms with Gasteiger partial charge in [0.1, 0.15) is 0 Å². The molecule has 0 aromatic heterocycles. The first-order chi connectivity index (χ1) is 4.61. The maximum Gasteiger partial charge on any atom is 0.00721 e. The summed E-state index contributed by atoms with van der Waals surface area (Å²) in [5, 5.41) is 0. The van der Waals surface area contributed by atoms with Crippen molar-refractivity contribution in [1.82, 2.24) is 0 Å². The molecule has 0 saturated carbocycles. The zero-order chi connectivity index (χ0) is 7.61. The second-order valence-corrected chi connectivity index (χ2v) is 19.6. The lowest BCUT2D eigenvalue weighted by atomic mass is 10.4. The van der Waals surface area contributed by atoms with Gasteiger partial charge in [0.05, 0.1) is 0 Å². The summed E-state index contributed by atoms with van der Waals surface area (Å²) in [6.07, 6.45) is 2.28. The molecule has 0 aliphatic rings. The molecule has 3 heteroatoms. The molecular formula is C7H8I2S. The summed E-state index contributed by atoms with van der Waals surface area (Å²) in [4.78, 5) is 1.45. The highest BCUT2D eigenvalue weighted by atomic mass is 127. The maximum absolute atomic E-state index is 2.51. The fraction of sp³-hybridized carbons (Fsp3) is 0.143. The van der Waals surface area contributed by atoms with Gasteiger partial charge < -0.3 is 0 Å². The molecule has 10 heavy (non-hydrogen) atoms. The Morgan fingerprint density at radius 3 is 1.90 bits per heavy atom. The van der Waals surface area contributed by atoms with Crippen molar-refractivity contribution in [3.63, 3.8) is 0 Å². The van der Waals surface area contributed by atoms with Gasteiger partial charge in [0.2, 0.25) is 0 Å². The third kappa shape index (κ3) is 2.58. The van der Waals surface area contributed by atoms with Crippen LogP contribution >= 0.6 is 46.8 Å². The zero-order valence-electron chi connectivity index (χ0n) is 5.55. The molecule has 0 unspecified atom stereocenters. The Morgan fingerprint density at radius 2 is 1.60 bits per heavy atom. The molecule has 0 aliphatic carbocycles. The summed E-state index contributed by atoms with van der Waals surface area (Å²) in [5.74, 6) is 0. The average molecular weight is 378 g/mol. The molecule has 0 radical (unpaired) electrons. The van der Waals surface area contributed by atoms with E-state index >= 15 is 0 Å². The molecule has 0 amide bonds. The van der Waals surface area contributed by atoms with Crippen LogP contribution in [-0.4, -0.2) is 6.26 Å². The van der Waals surface area contributed by atoms with Gasteiger partial charge in [0.25, 0.3) is 0 Å². The lowest BCUT2D eigenvalue weighted by Gasteiger charge is -2.19. The van der Waals surface area contributed by atoms with E-state index in [1.54, 1.807) is 0 Å². The molecule has 0 saturated heterocycles. The predicted molar refractivity (Wildman–Crippen MR) is 66.3 cm³/mol. The monoisotopic (exact) mass is 378 g/mol. The summed E-state index contributed by atoms with van der Waals surface area (Å²) >= 11 is 5.02. The second-order valence-electron chi connectivity index (χ2n) is 2.04. The number of hydrogen-bond donors (Lipinski definition) is 0. The van der Waals surface area contributed by atoms with Gasteiger partial charge in [-0.3, -0.25) is 0 Å². The molecule has 0 aliphatic heterocycles. The molecule has 1 aromatic carbocycles. The third-order valence-corrected chi connectivity index (χ3v) is 5.31. The second kappa shape index (κ2) is 3.62. The van der Waals surface area contributed by atoms with Crippen LogP contribution in [0.15, 0.2) is 35.2 Å². The van der Waals surface area contributed by atoms with Crippen molar-refractivity contribution in [3.8, 4) is 0 Å². The van der Waals surface area contributed by atoms with E-state index in [1.807, 2.05) is 0 Å². The van der Waals surface area contributed by atoms with Crippen LogP contribution in [0.2, 0.25) is 0 Å². The average Bonchev–Trinajstić information content (AvgIpc) is 1.88. The number of halogens is 2. The minimum atomic E-state index is -0.563. The fourth-order valence-corrected chi connectivity index (χ4v) is 3.06. The van der Waals surface area contributed by atoms with Gasteiger partial charge in [-0.1, -0.05) is 18.2 Å². The van der Waals surface area contributed by atoms with Crippen LogP contribution in [0.25, 0.3) is 0 Å². The maximum atomic E-state index is 2.51. The smallest absolute Gasteiger partial charge is 0.00721 e. The highest BCUT2D eigenvalue weighted by Crippen LogP contribution is 2.66. The molecule has 0 nitrogen and oxygen atoms in total. The van der Waals surface area contributed by atoms with Crippen molar-refractivity contribution in [2.75, 3.05) is 6.26 Å². The van der Waals surface area contributed by atoms with E-state index in [0.717, 1.165) is 0 Å². The summed E-state index contributed by atoms with van der Waals surface area (Å²) in [7, 11) is 0. The van der Waals surface area contributed by atoms with Crippen LogP contribution in [0.1, 0.15) is 0 Å². The SMILES string of the molecule is CS(I)(I)c1ccccc1. The Balaban J connectivity index is 2.97. The van der Waals surface area contributed by atoms with E-state index in [0.29, 0.717) is 0 Å². The first kappa shape index (κ1) is 9.12. The Bertz CT molecular complexity index is 203. The normalized spacial score (nSPS) is 13.1. The van der Waals surface area contributed by atoms with Crippen LogP contribution in [0.3, 0.4) is 0 Å². The van der Waals surface area contributed by atoms with Gasteiger partial charge in [0, 0.05) is 4.90 Å². The van der Waals surface area contributed by atoms with Crippen molar-refractivity contribution < 1.29 is 0 Å². The van der Waals surface area contributed by atoms with E-state index in [9.17, 15) is 0 Å². The van der Waals surface area contributed by atoms with E-state index in [2.05, 4.69) is 79.0 Å². The lowest BCUT2D eigenvalue weighted by Crippen LogP contribution is -1.76. The Labute approximate surface area is 87.3 Å². The quantitative estimate of drug-likeness (QED) is 0.644. The summed E-state index contributed by atoms with van der Waals surface area (Å²) in [5.41, 5.74) is 0. The van der Waals surface area contributed by atoms with Crippen molar-refractivity contribution in [1.29, 1.82) is 0 Å². The molecule has 0 heterocycles. The fourth-order valence-electron chi connectivity index (χ4n) is 0.659. The first-order valence-corrected chi connectivity index (χ1v) is 9.96. The van der Waals surface area contributed by atoms with Crippen molar-refractivity contribution >= 4 is 46.8 Å². The van der Waals surface area contributed by atoms with E-state index in [1.165, 1.54) is 4.90 Å². The summed E-state index contributed by atoms with van der Waals surface area (Å²) in [6, 6.07) is 10.6. The Morgan fingerprint density at radius 1 is 1.10 bits per heavy atom. The van der Waals surface area contributed by atoms with Gasteiger partial charge in [-0.25, -0.2) is 0 Å². The first-order valence-electron chi connectivity index (χ1n) is 2.83. The van der Waals surface area contributed by atoms with Crippen molar-refractivity contribution in [2.24, 2.45) is 0 Å². The molecule has 1 aromatic rings. The van der Waals surface area contributed by atoms with Gasteiger partial charge in [0.15, 0.2) is 0 Å². The molecule has 0 fully saturated rings. The van der Waals surface area contributed by atoms with E-state index in [-0.39, 0.29) is 0 Å². The predicted octanol–water partition coefficient (Wildman–Crippen LogP) is 4.18. The van der Waals surface area contributed by atoms with Crippen LogP contribution in [0, 0.1) is 0 Å². The van der Waals surface area contributed by atoms with Gasteiger partial charge in [-0.2, -0.15) is 0 Å². The summed E-state index contributed by atoms with van der Waals surface area (Å²) in [6.45, 7) is 0. The zero-order valence-corrected chi connectivity index (χ0v) is 10.7. The highest BCUT2D eigenvalue weighted by Gasteiger charge is 2.09. The number of benzene rings is 1. The molecule has 56 valence electrons. The largest absolute Gasteiger partial charge is 0.108 e. The Kier molecular flexibility index (Phi) is 3.30. The van der Waals surface area contributed by atoms with Crippen LogP contribution in [0.5, 0.6) is 0 Å². The minimum absolute atomic E-state index is 0.563. The van der Waals surface area contributed by atoms with Crippen molar-refractivity contribution in [3.05, 3.63) is 30.3 Å². The molecule has 0 spiro atoms. The van der Waals surface area contributed by atoms with Crippen LogP contribution in [0.4, 0.5) is 0 Å². The molecule has 0 N–H and O–H groups in total. The Hall–Kier alpha value is 1.03. The number of hydrogen-bond acceptors (Lipinski definition) is 0. The van der Waals surface area contributed by atoms with E-state index in [4.69, 9.17) is 0 Å². The molecule has 0 bridgehead atoms. The third-order valence-electron chi connectivity index (χ3n) is 1.16. The molecular weight excluding hydrogens is 370 g/mol. The van der Waals surface area contributed by atoms with Gasteiger partial charge >= 0.3 is 0 Å². The standard InChI is InChI=1S/C7H8I2S/c1-10(8,9)7-5-3-2-4-6-7/h2-6H,1H3. The summed E-state index contributed by atoms with van der Waals surface area (Å²) < 4.78 is -0.563. The highest BCUT2D eigenvalue weighted by molar-refractivity contribution is 14.3. The van der Waals surface area contributed by atoms with E-state index < -0.39 is 4.37 Å². The minimum Gasteiger partial charge on any atom is -0.108 e. The van der Waals surface area contributed by atoms with Crippen LogP contribution in [-0.2, 0) is 0 Å². The van der Waals surface area contributed by atoms with Gasteiger partial charge in [-0.05, 0) is 60.8 Å². The topological polar surface area (TPSA) is 0 Å². The molecule has 0 atom stereocenters. The van der Waals surface area contributed by atoms with Gasteiger partial charge in [-0.15, -0.1) is 4.37 Å². The van der Waals surface area contributed by atoms with Crippen LogP contribution < -0.4 is 0 Å². The van der Waals surface area contributed by atoms with Crippen molar-refractivity contribution in [2.45, 2.75) is 4.90 Å². The lowest BCUT2D eigenvalue weighted by molar-refractivity contribution is 1.47. The molecule has 1 rings (SSSR count). The number of rotatable bonds is 1.